The monoisotopic (exact) mass is 303 g/mol. The van der Waals surface area contributed by atoms with Gasteiger partial charge in [0.05, 0.1) is 11.2 Å². The van der Waals surface area contributed by atoms with Crippen LogP contribution in [0, 0.1) is 0 Å². The van der Waals surface area contributed by atoms with Gasteiger partial charge >= 0.3 is 0 Å². The van der Waals surface area contributed by atoms with Crippen molar-refractivity contribution in [2.24, 2.45) is 0 Å². The minimum atomic E-state index is -0.415. The van der Waals surface area contributed by atoms with Gasteiger partial charge in [-0.1, -0.05) is 25.3 Å². The lowest BCUT2D eigenvalue weighted by Gasteiger charge is -2.41. The molecule has 22 heavy (non-hydrogen) atoms. The fourth-order valence-electron chi connectivity index (χ4n) is 3.51. The Morgan fingerprint density at radius 2 is 1.95 bits per heavy atom. The summed E-state index contributed by atoms with van der Waals surface area (Å²) in [5, 5.41) is 3.64. The van der Waals surface area contributed by atoms with E-state index < -0.39 is 5.54 Å². The van der Waals surface area contributed by atoms with Gasteiger partial charge in [-0.15, -0.1) is 0 Å². The van der Waals surface area contributed by atoms with Gasteiger partial charge < -0.3 is 4.90 Å². The zero-order valence-corrected chi connectivity index (χ0v) is 14.1. The van der Waals surface area contributed by atoms with Crippen molar-refractivity contribution in [3.8, 4) is 0 Å². The summed E-state index contributed by atoms with van der Waals surface area (Å²) >= 11 is 0. The maximum atomic E-state index is 13.1. The lowest BCUT2D eigenvalue weighted by atomic mass is 9.79. The summed E-state index contributed by atoms with van der Waals surface area (Å²) in [7, 11) is 0. The van der Waals surface area contributed by atoms with Gasteiger partial charge in [0, 0.05) is 25.3 Å². The Balaban J connectivity index is 2.20. The van der Waals surface area contributed by atoms with Gasteiger partial charge in [0.2, 0.25) is 5.91 Å². The lowest BCUT2D eigenvalue weighted by Crippen LogP contribution is -2.59. The summed E-state index contributed by atoms with van der Waals surface area (Å²) in [6.45, 7) is 7.77. The highest BCUT2D eigenvalue weighted by molar-refractivity contribution is 5.86. The predicted molar refractivity (Wildman–Crippen MR) is 89.5 cm³/mol. The molecule has 2 rings (SSSR count). The molecule has 1 aliphatic rings. The molecule has 1 aliphatic carbocycles. The third-order valence-electron chi connectivity index (χ3n) is 4.79. The first kappa shape index (κ1) is 16.9. The van der Waals surface area contributed by atoms with E-state index in [-0.39, 0.29) is 11.9 Å². The second-order valence-electron chi connectivity index (χ2n) is 6.24. The van der Waals surface area contributed by atoms with E-state index in [2.05, 4.69) is 31.1 Å². The fraction of sp³-hybridized carbons (Fsp3) is 0.667. The summed E-state index contributed by atoms with van der Waals surface area (Å²) in [5.74, 6) is 0.264. The molecule has 1 N–H and O–H groups in total. The van der Waals surface area contributed by atoms with Crippen LogP contribution in [0.3, 0.4) is 0 Å². The number of aromatic nitrogens is 1. The van der Waals surface area contributed by atoms with Crippen LogP contribution in [-0.2, 0) is 4.79 Å². The highest BCUT2D eigenvalue weighted by atomic mass is 16.2. The van der Waals surface area contributed by atoms with Crippen LogP contribution in [0.25, 0.3) is 0 Å². The largest absolute Gasteiger partial charge is 0.342 e. The van der Waals surface area contributed by atoms with Crippen molar-refractivity contribution < 1.29 is 4.79 Å². The van der Waals surface area contributed by atoms with Crippen molar-refractivity contribution in [3.05, 3.63) is 30.1 Å². The predicted octanol–water partition coefficient (Wildman–Crippen LogP) is 3.30. The number of pyridine rings is 1. The number of carbonyl (C=O) groups is 1. The van der Waals surface area contributed by atoms with Crippen LogP contribution in [0.4, 0.5) is 0 Å². The minimum absolute atomic E-state index is 0.0822. The van der Waals surface area contributed by atoms with E-state index in [0.717, 1.165) is 44.5 Å². The highest BCUT2D eigenvalue weighted by Crippen LogP contribution is 2.32. The fourth-order valence-corrected chi connectivity index (χ4v) is 3.51. The molecule has 1 aromatic heterocycles. The quantitative estimate of drug-likeness (QED) is 0.877. The number of rotatable bonds is 6. The molecule has 4 nitrogen and oxygen atoms in total. The first-order chi connectivity index (χ1) is 10.6. The van der Waals surface area contributed by atoms with Crippen LogP contribution < -0.4 is 5.32 Å². The molecule has 1 fully saturated rings. The number of hydrogen-bond acceptors (Lipinski definition) is 3. The van der Waals surface area contributed by atoms with Gasteiger partial charge in [-0.2, -0.15) is 0 Å². The number of likely N-dealkylation sites (N-methyl/N-ethyl adjacent to an activating group) is 1. The van der Waals surface area contributed by atoms with E-state index in [1.807, 2.05) is 29.3 Å². The Morgan fingerprint density at radius 1 is 1.27 bits per heavy atom. The molecule has 0 bridgehead atoms. The summed E-state index contributed by atoms with van der Waals surface area (Å²) < 4.78 is 0. The van der Waals surface area contributed by atoms with Crippen LogP contribution in [0.1, 0.15) is 64.6 Å². The number of carbonyl (C=O) groups excluding carboxylic acids is 1. The maximum absolute atomic E-state index is 13.1. The smallest absolute Gasteiger partial charge is 0.242 e. The molecule has 0 aliphatic heterocycles. The first-order valence-corrected chi connectivity index (χ1v) is 8.61. The van der Waals surface area contributed by atoms with Crippen molar-refractivity contribution >= 4 is 5.91 Å². The van der Waals surface area contributed by atoms with E-state index >= 15 is 0 Å². The second-order valence-corrected chi connectivity index (χ2v) is 6.24. The van der Waals surface area contributed by atoms with Crippen molar-refractivity contribution in [3.63, 3.8) is 0 Å². The average molecular weight is 303 g/mol. The zero-order chi connectivity index (χ0) is 16.0. The summed E-state index contributed by atoms with van der Waals surface area (Å²) in [6.07, 6.45) is 7.14. The van der Waals surface area contributed by atoms with E-state index in [4.69, 9.17) is 0 Å². The number of hydrogen-bond donors (Lipinski definition) is 1. The third-order valence-corrected chi connectivity index (χ3v) is 4.79. The summed E-state index contributed by atoms with van der Waals surface area (Å²) in [6, 6.07) is 6.03. The number of amides is 1. The molecule has 0 aromatic carbocycles. The first-order valence-electron chi connectivity index (χ1n) is 8.61. The summed E-state index contributed by atoms with van der Waals surface area (Å²) in [4.78, 5) is 19.5. The van der Waals surface area contributed by atoms with E-state index in [0.29, 0.717) is 0 Å². The molecule has 1 amide bonds. The van der Waals surface area contributed by atoms with Crippen molar-refractivity contribution in [2.75, 3.05) is 13.1 Å². The van der Waals surface area contributed by atoms with Crippen LogP contribution in [0.15, 0.2) is 24.4 Å². The Bertz CT molecular complexity index is 464. The van der Waals surface area contributed by atoms with Crippen LogP contribution in [0.2, 0.25) is 0 Å². The molecule has 0 saturated heterocycles. The van der Waals surface area contributed by atoms with Crippen molar-refractivity contribution in [1.82, 2.24) is 15.2 Å². The Kier molecular flexibility index (Phi) is 5.95. The molecule has 0 radical (unpaired) electrons. The normalized spacial score (nSPS) is 18.7. The summed E-state index contributed by atoms with van der Waals surface area (Å²) in [5.41, 5.74) is 0.584. The molecule has 1 saturated carbocycles. The SMILES string of the molecule is CCN(CC)C(=O)C1(N[C@@H](C)c2ccccn2)CCCCC1. The van der Waals surface area contributed by atoms with Gasteiger partial charge in [0.1, 0.15) is 0 Å². The zero-order valence-electron chi connectivity index (χ0n) is 14.1. The van der Waals surface area contributed by atoms with Crippen LogP contribution in [-0.4, -0.2) is 34.4 Å². The van der Waals surface area contributed by atoms with Crippen molar-refractivity contribution in [1.29, 1.82) is 0 Å². The molecular formula is C18H29N3O. The molecule has 1 aromatic rings. The standard InChI is InChI=1S/C18H29N3O/c1-4-21(5-2)17(22)18(12-8-6-9-13-18)20-15(3)16-11-7-10-14-19-16/h7,10-11,14-15,20H,4-6,8-9,12-13H2,1-3H3/t15-/m0/s1. The number of nitrogens with zero attached hydrogens (tertiary/aromatic N) is 2. The van der Waals surface area contributed by atoms with Crippen molar-refractivity contribution in [2.45, 2.75) is 64.5 Å². The third kappa shape index (κ3) is 3.67. The Morgan fingerprint density at radius 3 is 2.50 bits per heavy atom. The molecule has 1 heterocycles. The minimum Gasteiger partial charge on any atom is -0.342 e. The van der Waals surface area contributed by atoms with E-state index in [1.165, 1.54) is 6.42 Å². The van der Waals surface area contributed by atoms with Crippen LogP contribution >= 0.6 is 0 Å². The van der Waals surface area contributed by atoms with Gasteiger partial charge in [-0.25, -0.2) is 0 Å². The van der Waals surface area contributed by atoms with Gasteiger partial charge in [-0.3, -0.25) is 15.1 Å². The molecule has 1 atom stereocenters. The van der Waals surface area contributed by atoms with E-state index in [9.17, 15) is 4.79 Å². The topological polar surface area (TPSA) is 45.2 Å². The maximum Gasteiger partial charge on any atom is 0.242 e. The number of nitrogens with one attached hydrogen (secondary N) is 1. The van der Waals surface area contributed by atoms with E-state index in [1.54, 1.807) is 0 Å². The second kappa shape index (κ2) is 7.73. The van der Waals surface area contributed by atoms with Crippen LogP contribution in [0.5, 0.6) is 0 Å². The van der Waals surface area contributed by atoms with Gasteiger partial charge in [0.15, 0.2) is 0 Å². The molecule has 0 spiro atoms. The van der Waals surface area contributed by atoms with Gasteiger partial charge in [-0.05, 0) is 45.7 Å². The highest BCUT2D eigenvalue weighted by Gasteiger charge is 2.42. The molecule has 0 unspecified atom stereocenters. The molecular weight excluding hydrogens is 274 g/mol. The molecule has 4 heteroatoms. The lowest BCUT2D eigenvalue weighted by molar-refractivity contribution is -0.140. The van der Waals surface area contributed by atoms with Gasteiger partial charge in [0.25, 0.3) is 0 Å². The molecule has 122 valence electrons. The average Bonchev–Trinajstić information content (AvgIpc) is 2.57. The Hall–Kier alpha value is -1.42. The Labute approximate surface area is 134 Å².